The van der Waals surface area contributed by atoms with Gasteiger partial charge in [-0.2, -0.15) is 0 Å². The Labute approximate surface area is 163 Å². The summed E-state index contributed by atoms with van der Waals surface area (Å²) < 4.78 is 7.56. The monoisotopic (exact) mass is 375 g/mol. The molecule has 0 radical (unpaired) electrons. The van der Waals surface area contributed by atoms with Crippen LogP contribution in [0.15, 0.2) is 71.9 Å². The SMILES string of the molecule is CCOc1ccc(-c2nnc(SCc3cccc4ccccc34)n2C)cc1. The zero-order valence-electron chi connectivity index (χ0n) is 15.4. The normalized spacial score (nSPS) is 11.0. The maximum Gasteiger partial charge on any atom is 0.191 e. The standard InChI is InChI=1S/C22H21N3OS/c1-3-26-19-13-11-17(12-14-19)21-23-24-22(25(21)2)27-15-18-9-6-8-16-7-4-5-10-20(16)18/h4-14H,3,15H2,1-2H3. The van der Waals surface area contributed by atoms with Gasteiger partial charge < -0.3 is 9.30 Å². The molecule has 4 aromatic rings. The van der Waals surface area contributed by atoms with Gasteiger partial charge in [0.05, 0.1) is 6.61 Å². The van der Waals surface area contributed by atoms with Gasteiger partial charge in [0.15, 0.2) is 11.0 Å². The molecular weight excluding hydrogens is 354 g/mol. The Hall–Kier alpha value is -2.79. The first-order valence-corrected chi connectivity index (χ1v) is 9.97. The van der Waals surface area contributed by atoms with Gasteiger partial charge in [0.25, 0.3) is 0 Å². The van der Waals surface area contributed by atoms with Gasteiger partial charge in [-0.1, -0.05) is 54.2 Å². The van der Waals surface area contributed by atoms with Gasteiger partial charge >= 0.3 is 0 Å². The number of hydrogen-bond donors (Lipinski definition) is 0. The summed E-state index contributed by atoms with van der Waals surface area (Å²) in [5.74, 6) is 2.59. The number of aromatic nitrogens is 3. The van der Waals surface area contributed by atoms with E-state index in [9.17, 15) is 0 Å². The molecule has 4 rings (SSSR count). The smallest absolute Gasteiger partial charge is 0.191 e. The minimum absolute atomic E-state index is 0.665. The lowest BCUT2D eigenvalue weighted by Crippen LogP contribution is -1.96. The highest BCUT2D eigenvalue weighted by molar-refractivity contribution is 7.98. The zero-order valence-corrected chi connectivity index (χ0v) is 16.2. The van der Waals surface area contributed by atoms with Crippen molar-refractivity contribution in [2.45, 2.75) is 17.8 Å². The molecule has 0 spiro atoms. The highest BCUT2D eigenvalue weighted by atomic mass is 32.2. The van der Waals surface area contributed by atoms with E-state index in [0.29, 0.717) is 6.61 Å². The van der Waals surface area contributed by atoms with E-state index in [1.807, 2.05) is 42.8 Å². The molecule has 1 aromatic heterocycles. The molecule has 0 atom stereocenters. The van der Waals surface area contributed by atoms with E-state index in [-0.39, 0.29) is 0 Å². The average molecular weight is 375 g/mol. The van der Waals surface area contributed by atoms with Crippen molar-refractivity contribution in [1.29, 1.82) is 0 Å². The fourth-order valence-electron chi connectivity index (χ4n) is 3.12. The van der Waals surface area contributed by atoms with Gasteiger partial charge in [0.1, 0.15) is 5.75 Å². The van der Waals surface area contributed by atoms with Gasteiger partial charge in [-0.05, 0) is 47.5 Å². The van der Waals surface area contributed by atoms with Crippen molar-refractivity contribution >= 4 is 22.5 Å². The van der Waals surface area contributed by atoms with Crippen molar-refractivity contribution in [3.63, 3.8) is 0 Å². The van der Waals surface area contributed by atoms with E-state index >= 15 is 0 Å². The highest BCUT2D eigenvalue weighted by Gasteiger charge is 2.12. The van der Waals surface area contributed by atoms with Gasteiger partial charge in [0, 0.05) is 18.4 Å². The minimum atomic E-state index is 0.665. The summed E-state index contributed by atoms with van der Waals surface area (Å²) in [4.78, 5) is 0. The lowest BCUT2D eigenvalue weighted by atomic mass is 10.1. The van der Waals surface area contributed by atoms with Crippen LogP contribution in [-0.4, -0.2) is 21.4 Å². The number of benzene rings is 3. The van der Waals surface area contributed by atoms with Crippen molar-refractivity contribution in [3.05, 3.63) is 72.3 Å². The molecule has 0 unspecified atom stereocenters. The molecule has 3 aromatic carbocycles. The lowest BCUT2D eigenvalue weighted by Gasteiger charge is -2.07. The molecule has 27 heavy (non-hydrogen) atoms. The quantitative estimate of drug-likeness (QED) is 0.427. The Morgan fingerprint density at radius 3 is 2.52 bits per heavy atom. The lowest BCUT2D eigenvalue weighted by molar-refractivity contribution is 0.340. The third-order valence-electron chi connectivity index (χ3n) is 4.50. The van der Waals surface area contributed by atoms with Crippen LogP contribution in [0.25, 0.3) is 22.2 Å². The maximum atomic E-state index is 5.51. The first-order valence-electron chi connectivity index (χ1n) is 8.98. The van der Waals surface area contributed by atoms with Crippen LogP contribution >= 0.6 is 11.8 Å². The third-order valence-corrected chi connectivity index (χ3v) is 5.56. The first-order chi connectivity index (χ1) is 13.3. The molecule has 1 heterocycles. The second-order valence-electron chi connectivity index (χ2n) is 6.25. The Balaban J connectivity index is 1.54. The summed E-state index contributed by atoms with van der Waals surface area (Å²) in [6.07, 6.45) is 0. The second kappa shape index (κ2) is 7.84. The van der Waals surface area contributed by atoms with E-state index in [1.165, 1.54) is 16.3 Å². The van der Waals surface area contributed by atoms with Crippen LogP contribution in [-0.2, 0) is 12.8 Å². The van der Waals surface area contributed by atoms with Gasteiger partial charge in [0.2, 0.25) is 0 Å². The van der Waals surface area contributed by atoms with Gasteiger partial charge in [-0.25, -0.2) is 0 Å². The Morgan fingerprint density at radius 2 is 1.70 bits per heavy atom. The van der Waals surface area contributed by atoms with E-state index in [0.717, 1.165) is 28.0 Å². The largest absolute Gasteiger partial charge is 0.494 e. The molecule has 0 aliphatic heterocycles. The van der Waals surface area contributed by atoms with Crippen LogP contribution in [0.4, 0.5) is 0 Å². The van der Waals surface area contributed by atoms with Crippen molar-refractivity contribution in [2.75, 3.05) is 6.61 Å². The molecule has 0 fully saturated rings. The summed E-state index contributed by atoms with van der Waals surface area (Å²) in [5, 5.41) is 12.2. The second-order valence-corrected chi connectivity index (χ2v) is 7.19. The van der Waals surface area contributed by atoms with E-state index < -0.39 is 0 Å². The average Bonchev–Trinajstić information content (AvgIpc) is 3.07. The number of thioether (sulfide) groups is 1. The van der Waals surface area contributed by atoms with Crippen LogP contribution < -0.4 is 4.74 Å². The first kappa shape index (κ1) is 17.6. The summed E-state index contributed by atoms with van der Waals surface area (Å²) in [6.45, 7) is 2.65. The highest BCUT2D eigenvalue weighted by Crippen LogP contribution is 2.29. The topological polar surface area (TPSA) is 39.9 Å². The molecule has 4 nitrogen and oxygen atoms in total. The number of ether oxygens (including phenoxy) is 1. The molecule has 0 amide bonds. The van der Waals surface area contributed by atoms with Crippen LogP contribution in [0, 0.1) is 0 Å². The molecule has 0 saturated heterocycles. The Morgan fingerprint density at radius 1 is 0.926 bits per heavy atom. The number of hydrogen-bond acceptors (Lipinski definition) is 4. The van der Waals surface area contributed by atoms with E-state index in [2.05, 4.69) is 52.7 Å². The van der Waals surface area contributed by atoms with Crippen LogP contribution in [0.5, 0.6) is 5.75 Å². The molecule has 0 aliphatic carbocycles. The molecule has 5 heteroatoms. The van der Waals surface area contributed by atoms with Crippen LogP contribution in [0.2, 0.25) is 0 Å². The van der Waals surface area contributed by atoms with Crippen molar-refractivity contribution in [3.8, 4) is 17.1 Å². The predicted octanol–water partition coefficient (Wildman–Crippen LogP) is 5.33. The fourth-order valence-corrected chi connectivity index (χ4v) is 4.03. The number of fused-ring (bicyclic) bond motifs is 1. The number of nitrogens with zero attached hydrogens (tertiary/aromatic N) is 3. The predicted molar refractivity (Wildman–Crippen MR) is 111 cm³/mol. The van der Waals surface area contributed by atoms with Gasteiger partial charge in [-0.3, -0.25) is 0 Å². The third kappa shape index (κ3) is 3.69. The van der Waals surface area contributed by atoms with E-state index in [1.54, 1.807) is 11.8 Å². The Kier molecular flexibility index (Phi) is 5.12. The van der Waals surface area contributed by atoms with Crippen molar-refractivity contribution < 1.29 is 4.74 Å². The van der Waals surface area contributed by atoms with Crippen LogP contribution in [0.1, 0.15) is 12.5 Å². The van der Waals surface area contributed by atoms with Crippen molar-refractivity contribution in [2.24, 2.45) is 7.05 Å². The maximum absolute atomic E-state index is 5.51. The summed E-state index contributed by atoms with van der Waals surface area (Å²) in [6, 6.07) is 22.9. The van der Waals surface area contributed by atoms with E-state index in [4.69, 9.17) is 4.74 Å². The molecule has 0 saturated carbocycles. The van der Waals surface area contributed by atoms with Crippen molar-refractivity contribution in [1.82, 2.24) is 14.8 Å². The number of rotatable bonds is 6. The Bertz CT molecular complexity index is 1050. The molecule has 0 bridgehead atoms. The summed E-state index contributed by atoms with van der Waals surface area (Å²) >= 11 is 1.71. The molecular formula is C22H21N3OS. The zero-order chi connectivity index (χ0) is 18.6. The fraction of sp³-hybridized carbons (Fsp3) is 0.182. The van der Waals surface area contributed by atoms with Gasteiger partial charge in [-0.15, -0.1) is 10.2 Å². The summed E-state index contributed by atoms with van der Waals surface area (Å²) in [7, 11) is 2.01. The summed E-state index contributed by atoms with van der Waals surface area (Å²) in [5.41, 5.74) is 2.34. The molecule has 136 valence electrons. The molecule has 0 aliphatic rings. The van der Waals surface area contributed by atoms with Crippen LogP contribution in [0.3, 0.4) is 0 Å². The molecule has 0 N–H and O–H groups in total. The minimum Gasteiger partial charge on any atom is -0.494 e.